The van der Waals surface area contributed by atoms with Gasteiger partial charge in [0.1, 0.15) is 0 Å². The summed E-state index contributed by atoms with van der Waals surface area (Å²) in [5.41, 5.74) is 5.80. The number of hydrogen-bond donors (Lipinski definition) is 2. The van der Waals surface area contributed by atoms with Crippen LogP contribution in [-0.2, 0) is 9.59 Å². The Kier molecular flexibility index (Phi) is 6.12. The van der Waals surface area contributed by atoms with Gasteiger partial charge in [0.25, 0.3) is 0 Å². The standard InChI is InChI=1S/C13H25N3O2/c1-3-10(2)12(14)13(18)15-9-11(17)16-7-5-4-6-8-16/h10,12H,3-9,14H2,1-2H3,(H,15,18)/t10-,12-/m0/s1. The van der Waals surface area contributed by atoms with E-state index in [2.05, 4.69) is 5.32 Å². The zero-order valence-corrected chi connectivity index (χ0v) is 11.4. The lowest BCUT2D eigenvalue weighted by molar-refractivity contribution is -0.134. The second kappa shape index (κ2) is 7.36. The molecule has 0 aromatic carbocycles. The largest absolute Gasteiger partial charge is 0.346 e. The van der Waals surface area contributed by atoms with Crippen LogP contribution < -0.4 is 11.1 Å². The molecule has 0 aromatic heterocycles. The topological polar surface area (TPSA) is 75.4 Å². The molecule has 0 bridgehead atoms. The molecule has 0 unspecified atom stereocenters. The predicted molar refractivity (Wildman–Crippen MR) is 70.9 cm³/mol. The minimum absolute atomic E-state index is 0.000554. The first-order chi connectivity index (χ1) is 8.56. The van der Waals surface area contributed by atoms with E-state index < -0.39 is 6.04 Å². The van der Waals surface area contributed by atoms with Gasteiger partial charge in [0, 0.05) is 13.1 Å². The van der Waals surface area contributed by atoms with Crippen molar-refractivity contribution in [2.75, 3.05) is 19.6 Å². The van der Waals surface area contributed by atoms with Crippen molar-refractivity contribution >= 4 is 11.8 Å². The monoisotopic (exact) mass is 255 g/mol. The van der Waals surface area contributed by atoms with Crippen LogP contribution in [0.2, 0.25) is 0 Å². The van der Waals surface area contributed by atoms with Crippen molar-refractivity contribution in [1.82, 2.24) is 10.2 Å². The number of carbonyl (C=O) groups is 2. The van der Waals surface area contributed by atoms with E-state index in [0.717, 1.165) is 32.4 Å². The first-order valence-corrected chi connectivity index (χ1v) is 6.87. The van der Waals surface area contributed by atoms with Gasteiger partial charge in [0.05, 0.1) is 12.6 Å². The van der Waals surface area contributed by atoms with E-state index in [-0.39, 0.29) is 24.3 Å². The maximum atomic E-state index is 11.8. The number of hydrogen-bond acceptors (Lipinski definition) is 3. The summed E-state index contributed by atoms with van der Waals surface area (Å²) in [5, 5.41) is 2.64. The Hall–Kier alpha value is -1.10. The minimum Gasteiger partial charge on any atom is -0.346 e. The molecule has 0 aromatic rings. The first-order valence-electron chi connectivity index (χ1n) is 6.87. The summed E-state index contributed by atoms with van der Waals surface area (Å²) < 4.78 is 0. The fraction of sp³-hybridized carbons (Fsp3) is 0.846. The molecule has 5 nitrogen and oxygen atoms in total. The van der Waals surface area contributed by atoms with Gasteiger partial charge in [0.2, 0.25) is 11.8 Å². The summed E-state index contributed by atoms with van der Waals surface area (Å²) in [4.78, 5) is 25.4. The number of nitrogens with zero attached hydrogens (tertiary/aromatic N) is 1. The second-order valence-corrected chi connectivity index (χ2v) is 5.07. The number of carbonyl (C=O) groups excluding carboxylic acids is 2. The van der Waals surface area contributed by atoms with Crippen LogP contribution in [-0.4, -0.2) is 42.4 Å². The molecule has 5 heteroatoms. The van der Waals surface area contributed by atoms with E-state index in [9.17, 15) is 9.59 Å². The molecule has 2 atom stereocenters. The van der Waals surface area contributed by atoms with Crippen molar-refractivity contribution in [1.29, 1.82) is 0 Å². The lowest BCUT2D eigenvalue weighted by atomic mass is 9.99. The third-order valence-corrected chi connectivity index (χ3v) is 3.68. The normalized spacial score (nSPS) is 19.2. The molecule has 18 heavy (non-hydrogen) atoms. The van der Waals surface area contributed by atoms with Crippen molar-refractivity contribution < 1.29 is 9.59 Å². The van der Waals surface area contributed by atoms with Crippen molar-refractivity contribution in [2.45, 2.75) is 45.6 Å². The highest BCUT2D eigenvalue weighted by Gasteiger charge is 2.21. The van der Waals surface area contributed by atoms with Crippen molar-refractivity contribution in [2.24, 2.45) is 11.7 Å². The summed E-state index contributed by atoms with van der Waals surface area (Å²) in [5.74, 6) is -0.0933. The highest BCUT2D eigenvalue weighted by atomic mass is 16.2. The van der Waals surface area contributed by atoms with Crippen LogP contribution in [0.4, 0.5) is 0 Å². The van der Waals surface area contributed by atoms with E-state index in [1.165, 1.54) is 6.42 Å². The van der Waals surface area contributed by atoms with Crippen LogP contribution in [0, 0.1) is 5.92 Å². The minimum atomic E-state index is -0.524. The Labute approximate surface area is 109 Å². The number of nitrogens with one attached hydrogen (secondary N) is 1. The molecule has 1 saturated heterocycles. The molecule has 1 aliphatic rings. The zero-order chi connectivity index (χ0) is 13.5. The first kappa shape index (κ1) is 15.0. The number of piperidine rings is 1. The Morgan fingerprint density at radius 1 is 1.28 bits per heavy atom. The second-order valence-electron chi connectivity index (χ2n) is 5.07. The molecule has 3 N–H and O–H groups in total. The van der Waals surface area contributed by atoms with Gasteiger partial charge in [-0.1, -0.05) is 20.3 Å². The molecular weight excluding hydrogens is 230 g/mol. The van der Waals surface area contributed by atoms with Gasteiger partial charge in [-0.25, -0.2) is 0 Å². The molecule has 0 aliphatic carbocycles. The van der Waals surface area contributed by atoms with Crippen LogP contribution in [0.5, 0.6) is 0 Å². The summed E-state index contributed by atoms with van der Waals surface area (Å²) >= 11 is 0. The van der Waals surface area contributed by atoms with Gasteiger partial charge in [-0.2, -0.15) is 0 Å². The van der Waals surface area contributed by atoms with Crippen molar-refractivity contribution in [3.8, 4) is 0 Å². The number of amides is 2. The third kappa shape index (κ3) is 4.29. The molecule has 2 amide bonds. The summed E-state index contributed by atoms with van der Waals surface area (Å²) in [6, 6.07) is -0.524. The van der Waals surface area contributed by atoms with Gasteiger partial charge in [-0.15, -0.1) is 0 Å². The van der Waals surface area contributed by atoms with Gasteiger partial charge in [0.15, 0.2) is 0 Å². The van der Waals surface area contributed by atoms with Crippen LogP contribution in [0.1, 0.15) is 39.5 Å². The summed E-state index contributed by atoms with van der Waals surface area (Å²) in [6.07, 6.45) is 4.17. The molecular formula is C13H25N3O2. The van der Waals surface area contributed by atoms with E-state index >= 15 is 0 Å². The molecule has 1 fully saturated rings. The molecule has 1 heterocycles. The van der Waals surface area contributed by atoms with Crippen LogP contribution >= 0.6 is 0 Å². The SMILES string of the molecule is CC[C@H](C)[C@H](N)C(=O)NCC(=O)N1CCCCC1. The van der Waals surface area contributed by atoms with Gasteiger partial charge < -0.3 is 16.0 Å². The van der Waals surface area contributed by atoms with Crippen molar-refractivity contribution in [3.63, 3.8) is 0 Å². The molecule has 1 aliphatic heterocycles. The van der Waals surface area contributed by atoms with Gasteiger partial charge >= 0.3 is 0 Å². The lowest BCUT2D eigenvalue weighted by Gasteiger charge is -2.27. The van der Waals surface area contributed by atoms with Gasteiger partial charge in [-0.3, -0.25) is 9.59 Å². The quantitative estimate of drug-likeness (QED) is 0.750. The average Bonchev–Trinajstić information content (AvgIpc) is 2.43. The maximum absolute atomic E-state index is 11.8. The zero-order valence-electron chi connectivity index (χ0n) is 11.4. The maximum Gasteiger partial charge on any atom is 0.241 e. The highest BCUT2D eigenvalue weighted by Crippen LogP contribution is 2.08. The molecule has 1 rings (SSSR count). The number of nitrogens with two attached hydrogens (primary N) is 1. The average molecular weight is 255 g/mol. The highest BCUT2D eigenvalue weighted by molar-refractivity contribution is 5.87. The molecule has 0 saturated carbocycles. The number of rotatable bonds is 5. The number of likely N-dealkylation sites (tertiary alicyclic amines) is 1. The fourth-order valence-corrected chi connectivity index (χ4v) is 2.05. The Bertz CT molecular complexity index is 274. The van der Waals surface area contributed by atoms with Crippen LogP contribution in [0.3, 0.4) is 0 Å². The van der Waals surface area contributed by atoms with Gasteiger partial charge in [-0.05, 0) is 25.2 Å². The fourth-order valence-electron chi connectivity index (χ4n) is 2.05. The Morgan fingerprint density at radius 2 is 1.89 bits per heavy atom. The Morgan fingerprint density at radius 3 is 2.44 bits per heavy atom. The molecule has 0 spiro atoms. The van der Waals surface area contributed by atoms with E-state index in [1.807, 2.05) is 18.7 Å². The van der Waals surface area contributed by atoms with Crippen molar-refractivity contribution in [3.05, 3.63) is 0 Å². The van der Waals surface area contributed by atoms with Crippen LogP contribution in [0.25, 0.3) is 0 Å². The molecule has 104 valence electrons. The third-order valence-electron chi connectivity index (χ3n) is 3.68. The van der Waals surface area contributed by atoms with E-state index in [0.29, 0.717) is 0 Å². The smallest absolute Gasteiger partial charge is 0.241 e. The van der Waals surface area contributed by atoms with E-state index in [1.54, 1.807) is 0 Å². The lowest BCUT2D eigenvalue weighted by Crippen LogP contribution is -2.49. The molecule has 0 radical (unpaired) electrons. The Balaban J connectivity index is 2.31. The summed E-state index contributed by atoms with van der Waals surface area (Å²) in [6.45, 7) is 5.63. The predicted octanol–water partition coefficient (Wildman–Crippen LogP) is 0.489. The summed E-state index contributed by atoms with van der Waals surface area (Å²) in [7, 11) is 0. The van der Waals surface area contributed by atoms with Crippen LogP contribution in [0.15, 0.2) is 0 Å². The van der Waals surface area contributed by atoms with E-state index in [4.69, 9.17) is 5.73 Å².